The molecule has 0 amide bonds. The molecule has 0 heterocycles. The van der Waals surface area contributed by atoms with Crippen LogP contribution in [0.4, 0.5) is 0 Å². The summed E-state index contributed by atoms with van der Waals surface area (Å²) >= 11 is 0. The Hall–Kier alpha value is -0.286. The fourth-order valence-corrected chi connectivity index (χ4v) is 9.30. The average molecular weight is 228 g/mol. The summed E-state index contributed by atoms with van der Waals surface area (Å²) in [5.41, 5.74) is 2.16. The third kappa shape index (κ3) is 2.20. The van der Waals surface area contributed by atoms with Crippen LogP contribution in [0.1, 0.15) is 13.8 Å². The summed E-state index contributed by atoms with van der Waals surface area (Å²) in [6, 6.07) is 0. The van der Waals surface area contributed by atoms with E-state index in [-0.39, 0.29) is 4.66 Å². The smallest absolute Gasteiger partial charge is 0.247 e. The maximum Gasteiger partial charge on any atom is 0.247 e. The van der Waals surface area contributed by atoms with E-state index in [4.69, 9.17) is 4.43 Å². The molecule has 0 aliphatic heterocycles. The quantitative estimate of drug-likeness (QED) is 0.508. The number of hydrogen-bond donors (Lipinski definition) is 0. The Morgan fingerprint density at radius 3 is 1.79 bits per heavy atom. The molecule has 14 heavy (non-hydrogen) atoms. The molecule has 0 aromatic heterocycles. The van der Waals surface area contributed by atoms with E-state index in [1.807, 2.05) is 0 Å². The lowest BCUT2D eigenvalue weighted by molar-refractivity contribution is 0.450. The molecule has 1 nitrogen and oxygen atoms in total. The lowest BCUT2D eigenvalue weighted by atomic mass is 10.5. The molecule has 0 fully saturated rings. The molecule has 0 aromatic rings. The van der Waals surface area contributed by atoms with Gasteiger partial charge in [0.25, 0.3) is 0 Å². The van der Waals surface area contributed by atoms with E-state index in [9.17, 15) is 0 Å². The van der Waals surface area contributed by atoms with E-state index < -0.39 is 16.4 Å². The zero-order valence-corrected chi connectivity index (χ0v) is 12.5. The molecule has 0 aliphatic carbocycles. The summed E-state index contributed by atoms with van der Waals surface area (Å²) in [6.07, 6.45) is 1.60. The van der Waals surface area contributed by atoms with Crippen molar-refractivity contribution in [3.63, 3.8) is 0 Å². The standard InChI is InChI=1S/C11H24OSi2/c1-9-12-14(7,8)11(3,4)13(5,6)10-2/h9-10H,1-2H2,3-8H3. The van der Waals surface area contributed by atoms with E-state index in [1.54, 1.807) is 6.26 Å². The summed E-state index contributed by atoms with van der Waals surface area (Å²) in [6.45, 7) is 21.5. The van der Waals surface area contributed by atoms with Crippen LogP contribution >= 0.6 is 0 Å². The van der Waals surface area contributed by atoms with E-state index in [1.165, 1.54) is 0 Å². The van der Waals surface area contributed by atoms with Crippen molar-refractivity contribution >= 4 is 16.4 Å². The molecule has 0 radical (unpaired) electrons. The van der Waals surface area contributed by atoms with Gasteiger partial charge in [-0.3, -0.25) is 0 Å². The van der Waals surface area contributed by atoms with Crippen LogP contribution in [0.15, 0.2) is 25.1 Å². The Balaban J connectivity index is 5.11. The van der Waals surface area contributed by atoms with Gasteiger partial charge in [-0.05, 0) is 17.8 Å². The Bertz CT molecular complexity index is 229. The molecule has 82 valence electrons. The molecule has 0 unspecified atom stereocenters. The second-order valence-corrected chi connectivity index (χ2v) is 15.5. The van der Waals surface area contributed by atoms with E-state index in [0.717, 1.165) is 0 Å². The Morgan fingerprint density at radius 2 is 1.50 bits per heavy atom. The van der Waals surface area contributed by atoms with Gasteiger partial charge in [0.2, 0.25) is 8.32 Å². The minimum absolute atomic E-state index is 0.260. The molecule has 0 rings (SSSR count). The van der Waals surface area contributed by atoms with Crippen LogP contribution in [0.25, 0.3) is 0 Å². The first kappa shape index (κ1) is 13.7. The average Bonchev–Trinajstić information content (AvgIpc) is 2.03. The molecule has 0 saturated carbocycles. The monoisotopic (exact) mass is 228 g/mol. The van der Waals surface area contributed by atoms with Crippen LogP contribution in [-0.2, 0) is 4.43 Å². The maximum atomic E-state index is 5.77. The second-order valence-electron chi connectivity index (χ2n) is 5.35. The van der Waals surface area contributed by atoms with Crippen molar-refractivity contribution in [2.24, 2.45) is 0 Å². The van der Waals surface area contributed by atoms with Gasteiger partial charge < -0.3 is 4.43 Å². The summed E-state index contributed by atoms with van der Waals surface area (Å²) < 4.78 is 6.03. The van der Waals surface area contributed by atoms with Crippen molar-refractivity contribution in [1.29, 1.82) is 0 Å². The number of hydrogen-bond acceptors (Lipinski definition) is 1. The van der Waals surface area contributed by atoms with E-state index in [2.05, 4.69) is 58.9 Å². The highest BCUT2D eigenvalue weighted by Gasteiger charge is 2.51. The van der Waals surface area contributed by atoms with Gasteiger partial charge in [0.15, 0.2) is 0 Å². The maximum absolute atomic E-state index is 5.77. The third-order valence-corrected chi connectivity index (χ3v) is 15.8. The topological polar surface area (TPSA) is 9.23 Å². The molecule has 0 saturated heterocycles. The number of rotatable bonds is 5. The molecular weight excluding hydrogens is 204 g/mol. The summed E-state index contributed by atoms with van der Waals surface area (Å²) in [7, 11) is -3.14. The molecular formula is C11H24OSi2. The molecule has 0 spiro atoms. The van der Waals surface area contributed by atoms with Gasteiger partial charge in [0.05, 0.1) is 14.3 Å². The zero-order valence-electron chi connectivity index (χ0n) is 10.5. The second kappa shape index (κ2) is 4.07. The molecule has 0 N–H and O–H groups in total. The van der Waals surface area contributed by atoms with Gasteiger partial charge in [-0.25, -0.2) is 0 Å². The summed E-state index contributed by atoms with van der Waals surface area (Å²) in [5.74, 6) is 0. The molecule has 0 atom stereocenters. The van der Waals surface area contributed by atoms with Crippen molar-refractivity contribution in [3.05, 3.63) is 25.1 Å². The first-order chi connectivity index (χ1) is 6.12. The highest BCUT2D eigenvalue weighted by Crippen LogP contribution is 2.46. The molecule has 0 aliphatic rings. The fraction of sp³-hybridized carbons (Fsp3) is 0.636. The minimum atomic E-state index is -1.71. The van der Waals surface area contributed by atoms with Crippen molar-refractivity contribution < 1.29 is 4.43 Å². The van der Waals surface area contributed by atoms with Gasteiger partial charge >= 0.3 is 0 Å². The first-order valence-corrected chi connectivity index (χ1v) is 11.0. The fourth-order valence-electron chi connectivity index (χ4n) is 1.39. The van der Waals surface area contributed by atoms with Gasteiger partial charge in [-0.1, -0.05) is 33.5 Å². The van der Waals surface area contributed by atoms with Gasteiger partial charge in [0.1, 0.15) is 0 Å². The SMILES string of the molecule is C=CO[Si](C)(C)C(C)(C)[Si](C)(C)C=C. The molecule has 0 bridgehead atoms. The summed E-state index contributed by atoms with van der Waals surface area (Å²) in [5, 5.41) is 0. The van der Waals surface area contributed by atoms with E-state index in [0.29, 0.717) is 0 Å². The van der Waals surface area contributed by atoms with Crippen molar-refractivity contribution in [2.45, 2.75) is 44.7 Å². The molecule has 3 heteroatoms. The van der Waals surface area contributed by atoms with Crippen molar-refractivity contribution in [2.75, 3.05) is 0 Å². The van der Waals surface area contributed by atoms with Crippen LogP contribution in [0.2, 0.25) is 30.8 Å². The van der Waals surface area contributed by atoms with Gasteiger partial charge in [0, 0.05) is 0 Å². The minimum Gasteiger partial charge on any atom is -0.550 e. The van der Waals surface area contributed by atoms with Crippen molar-refractivity contribution in [1.82, 2.24) is 0 Å². The van der Waals surface area contributed by atoms with Crippen LogP contribution in [0.3, 0.4) is 0 Å². The lowest BCUT2D eigenvalue weighted by Gasteiger charge is -2.46. The van der Waals surface area contributed by atoms with Crippen LogP contribution in [0.5, 0.6) is 0 Å². The van der Waals surface area contributed by atoms with Crippen molar-refractivity contribution in [3.8, 4) is 0 Å². The highest BCUT2D eigenvalue weighted by atomic mass is 28.4. The normalized spacial score (nSPS) is 13.6. The third-order valence-electron chi connectivity index (χ3n) is 4.00. The predicted octanol–water partition coefficient (Wildman–Crippen LogP) is 4.10. The van der Waals surface area contributed by atoms with E-state index >= 15 is 0 Å². The highest BCUT2D eigenvalue weighted by molar-refractivity contribution is 6.99. The van der Waals surface area contributed by atoms with Crippen LogP contribution < -0.4 is 0 Å². The van der Waals surface area contributed by atoms with Crippen LogP contribution in [-0.4, -0.2) is 16.4 Å². The predicted molar refractivity (Wildman–Crippen MR) is 70.5 cm³/mol. The largest absolute Gasteiger partial charge is 0.550 e. The van der Waals surface area contributed by atoms with Crippen LogP contribution in [0, 0.1) is 0 Å². The Labute approximate surface area is 91.0 Å². The van der Waals surface area contributed by atoms with Gasteiger partial charge in [-0.2, -0.15) is 0 Å². The Morgan fingerprint density at radius 1 is 1.07 bits per heavy atom. The Kier molecular flexibility index (Phi) is 3.98. The summed E-state index contributed by atoms with van der Waals surface area (Å²) in [4.78, 5) is 0. The molecule has 0 aromatic carbocycles. The lowest BCUT2D eigenvalue weighted by Crippen LogP contribution is -2.54. The zero-order chi connectivity index (χ0) is 11.6. The van der Waals surface area contributed by atoms with Gasteiger partial charge in [-0.15, -0.1) is 12.3 Å². The first-order valence-electron chi connectivity index (χ1n) is 5.04.